The van der Waals surface area contributed by atoms with Gasteiger partial charge in [-0.05, 0) is 24.3 Å². The lowest BCUT2D eigenvalue weighted by Gasteiger charge is -2.17. The van der Waals surface area contributed by atoms with Gasteiger partial charge in [-0.2, -0.15) is 0 Å². The van der Waals surface area contributed by atoms with Crippen molar-refractivity contribution in [2.24, 2.45) is 0 Å². The molecule has 0 spiro atoms. The molecule has 0 saturated carbocycles. The number of carbonyl (C=O) groups excluding carboxylic acids is 2. The molecule has 4 N–H and O–H groups in total. The maximum absolute atomic E-state index is 12.5. The van der Waals surface area contributed by atoms with Gasteiger partial charge in [0.2, 0.25) is 0 Å². The molecule has 2 aromatic carbocycles. The Morgan fingerprint density at radius 3 is 2.69 bits per heavy atom. The standard InChI is InChI=1S/C17H15N3O4S2/c21-11-5-3-4-10(8-11)18-9-14-16(24)20(17(25)26-14)19-15(23)12-6-1-2-7-13(12)22/h1-8,14,18,21-22H,9H2,(H,19,23). The molecule has 0 bridgehead atoms. The van der Waals surface area contributed by atoms with Gasteiger partial charge in [-0.1, -0.05) is 42.2 Å². The van der Waals surface area contributed by atoms with Gasteiger partial charge in [0, 0.05) is 18.3 Å². The van der Waals surface area contributed by atoms with Crippen LogP contribution in [0.3, 0.4) is 0 Å². The molecule has 1 unspecified atom stereocenters. The fraction of sp³-hybridized carbons (Fsp3) is 0.118. The van der Waals surface area contributed by atoms with Gasteiger partial charge in [-0.25, -0.2) is 5.01 Å². The number of nitrogens with one attached hydrogen (secondary N) is 2. The molecule has 9 heteroatoms. The van der Waals surface area contributed by atoms with Crippen molar-refractivity contribution in [3.8, 4) is 11.5 Å². The highest BCUT2D eigenvalue weighted by Crippen LogP contribution is 2.27. The average Bonchev–Trinajstić information content (AvgIpc) is 2.88. The Bertz CT molecular complexity index is 875. The van der Waals surface area contributed by atoms with Crippen LogP contribution >= 0.6 is 24.0 Å². The molecule has 0 radical (unpaired) electrons. The fourth-order valence-corrected chi connectivity index (χ4v) is 3.68. The molecule has 0 aromatic heterocycles. The second kappa shape index (κ2) is 7.63. The number of aromatic hydroxyl groups is 2. The van der Waals surface area contributed by atoms with Crippen LogP contribution in [0.15, 0.2) is 48.5 Å². The summed E-state index contributed by atoms with van der Waals surface area (Å²) in [6.45, 7) is 0.274. The molecule has 26 heavy (non-hydrogen) atoms. The smallest absolute Gasteiger partial charge is 0.273 e. The predicted molar refractivity (Wildman–Crippen MR) is 103 cm³/mol. The van der Waals surface area contributed by atoms with E-state index in [1.807, 2.05) is 0 Å². The molecule has 1 aliphatic heterocycles. The Labute approximate surface area is 159 Å². The summed E-state index contributed by atoms with van der Waals surface area (Å²) in [4.78, 5) is 24.8. The van der Waals surface area contributed by atoms with Crippen LogP contribution < -0.4 is 10.7 Å². The Balaban J connectivity index is 1.63. The van der Waals surface area contributed by atoms with E-state index in [9.17, 15) is 19.8 Å². The zero-order valence-corrected chi connectivity index (χ0v) is 15.0. The number of thioether (sulfide) groups is 1. The lowest BCUT2D eigenvalue weighted by Crippen LogP contribution is -2.46. The molecular formula is C17H15N3O4S2. The van der Waals surface area contributed by atoms with Gasteiger partial charge < -0.3 is 15.5 Å². The number of anilines is 1. The highest BCUT2D eigenvalue weighted by molar-refractivity contribution is 8.24. The summed E-state index contributed by atoms with van der Waals surface area (Å²) in [7, 11) is 0. The van der Waals surface area contributed by atoms with E-state index in [1.165, 1.54) is 12.1 Å². The summed E-state index contributed by atoms with van der Waals surface area (Å²) in [5, 5.41) is 22.8. The summed E-state index contributed by atoms with van der Waals surface area (Å²) in [6.07, 6.45) is 0. The highest BCUT2D eigenvalue weighted by Gasteiger charge is 2.38. The van der Waals surface area contributed by atoms with E-state index >= 15 is 0 Å². The molecule has 2 amide bonds. The summed E-state index contributed by atoms with van der Waals surface area (Å²) in [5.74, 6) is -1.05. The highest BCUT2D eigenvalue weighted by atomic mass is 32.2. The predicted octanol–water partition coefficient (Wildman–Crippen LogP) is 2.08. The molecule has 1 saturated heterocycles. The Hall–Kier alpha value is -2.78. The van der Waals surface area contributed by atoms with E-state index < -0.39 is 11.2 Å². The van der Waals surface area contributed by atoms with Gasteiger partial charge in [-0.3, -0.25) is 15.0 Å². The van der Waals surface area contributed by atoms with Crippen molar-refractivity contribution in [2.45, 2.75) is 5.25 Å². The SMILES string of the molecule is O=C(NN1C(=O)C(CNc2cccc(O)c2)SC1=S)c1ccccc1O. The van der Waals surface area contributed by atoms with Crippen LogP contribution in [0.25, 0.3) is 0 Å². The number of benzene rings is 2. The van der Waals surface area contributed by atoms with E-state index in [2.05, 4.69) is 10.7 Å². The van der Waals surface area contributed by atoms with Crippen molar-refractivity contribution < 1.29 is 19.8 Å². The first-order valence-electron chi connectivity index (χ1n) is 7.62. The quantitative estimate of drug-likeness (QED) is 0.581. The Kier molecular flexibility index (Phi) is 5.29. The molecule has 3 rings (SSSR count). The van der Waals surface area contributed by atoms with E-state index in [0.717, 1.165) is 16.8 Å². The maximum atomic E-state index is 12.5. The zero-order valence-electron chi connectivity index (χ0n) is 13.4. The molecule has 7 nitrogen and oxygen atoms in total. The van der Waals surface area contributed by atoms with Crippen LogP contribution in [0.1, 0.15) is 10.4 Å². The summed E-state index contributed by atoms with van der Waals surface area (Å²) >= 11 is 6.32. The monoisotopic (exact) mass is 389 g/mol. The number of carbonyl (C=O) groups is 2. The van der Waals surface area contributed by atoms with Crippen LogP contribution in [0.2, 0.25) is 0 Å². The molecule has 2 aromatic rings. The third-order valence-electron chi connectivity index (χ3n) is 3.62. The molecule has 1 heterocycles. The fourth-order valence-electron chi connectivity index (χ4n) is 2.34. The van der Waals surface area contributed by atoms with Crippen molar-refractivity contribution in [3.05, 3.63) is 54.1 Å². The number of hydrogen-bond acceptors (Lipinski definition) is 7. The summed E-state index contributed by atoms with van der Waals surface area (Å²) in [5.41, 5.74) is 3.15. The van der Waals surface area contributed by atoms with Gasteiger partial charge in [0.05, 0.1) is 5.56 Å². The number of rotatable bonds is 5. The van der Waals surface area contributed by atoms with E-state index in [4.69, 9.17) is 12.2 Å². The second-order valence-electron chi connectivity index (χ2n) is 5.44. The number of thiocarbonyl (C=S) groups is 1. The van der Waals surface area contributed by atoms with Gasteiger partial charge in [0.15, 0.2) is 4.32 Å². The van der Waals surface area contributed by atoms with Gasteiger partial charge in [0.1, 0.15) is 16.7 Å². The van der Waals surface area contributed by atoms with Crippen molar-refractivity contribution in [1.29, 1.82) is 0 Å². The van der Waals surface area contributed by atoms with Crippen molar-refractivity contribution >= 4 is 45.8 Å². The summed E-state index contributed by atoms with van der Waals surface area (Å²) in [6, 6.07) is 12.6. The number of hydrazine groups is 1. The Morgan fingerprint density at radius 2 is 1.96 bits per heavy atom. The normalized spacial score (nSPS) is 16.6. The minimum absolute atomic E-state index is 0.0504. The first kappa shape index (κ1) is 18.0. The van der Waals surface area contributed by atoms with Crippen LogP contribution in [-0.4, -0.2) is 43.2 Å². The van der Waals surface area contributed by atoms with E-state index in [1.54, 1.807) is 36.4 Å². The second-order valence-corrected chi connectivity index (χ2v) is 7.27. The minimum atomic E-state index is -0.624. The molecule has 134 valence electrons. The maximum Gasteiger partial charge on any atom is 0.273 e. The number of hydrogen-bond donors (Lipinski definition) is 4. The number of amides is 2. The van der Waals surface area contributed by atoms with Gasteiger partial charge in [0.25, 0.3) is 11.8 Å². The van der Waals surface area contributed by atoms with Crippen LogP contribution in [0, 0.1) is 0 Å². The van der Waals surface area contributed by atoms with Crippen LogP contribution in [0.4, 0.5) is 5.69 Å². The minimum Gasteiger partial charge on any atom is -0.508 e. The number of nitrogens with zero attached hydrogens (tertiary/aromatic N) is 1. The lowest BCUT2D eigenvalue weighted by atomic mass is 10.2. The number of phenols is 2. The average molecular weight is 389 g/mol. The third-order valence-corrected chi connectivity index (χ3v) is 5.13. The number of para-hydroxylation sites is 1. The first-order chi connectivity index (χ1) is 12.5. The molecule has 1 atom stereocenters. The molecule has 1 aliphatic rings. The van der Waals surface area contributed by atoms with Crippen molar-refractivity contribution in [1.82, 2.24) is 10.4 Å². The number of phenolic OH excluding ortho intramolecular Hbond substituents is 2. The third kappa shape index (κ3) is 3.89. The van der Waals surface area contributed by atoms with Crippen LogP contribution in [-0.2, 0) is 4.79 Å². The lowest BCUT2D eigenvalue weighted by molar-refractivity contribution is -0.127. The van der Waals surface area contributed by atoms with Gasteiger partial charge in [-0.15, -0.1) is 0 Å². The van der Waals surface area contributed by atoms with Crippen LogP contribution in [0.5, 0.6) is 11.5 Å². The first-order valence-corrected chi connectivity index (χ1v) is 8.91. The van der Waals surface area contributed by atoms with Crippen molar-refractivity contribution in [3.63, 3.8) is 0 Å². The summed E-state index contributed by atoms with van der Waals surface area (Å²) < 4.78 is 0.224. The molecule has 0 aliphatic carbocycles. The molecular weight excluding hydrogens is 374 g/mol. The largest absolute Gasteiger partial charge is 0.508 e. The Morgan fingerprint density at radius 1 is 1.19 bits per heavy atom. The van der Waals surface area contributed by atoms with E-state index in [-0.39, 0.29) is 33.8 Å². The van der Waals surface area contributed by atoms with E-state index in [0.29, 0.717) is 5.69 Å². The zero-order chi connectivity index (χ0) is 18.7. The van der Waals surface area contributed by atoms with Gasteiger partial charge >= 0.3 is 0 Å². The molecule has 1 fully saturated rings. The topological polar surface area (TPSA) is 102 Å². The van der Waals surface area contributed by atoms with Crippen molar-refractivity contribution in [2.75, 3.05) is 11.9 Å².